The van der Waals surface area contributed by atoms with Gasteiger partial charge >= 0.3 is 0 Å². The molecule has 1 amide bonds. The van der Waals surface area contributed by atoms with Crippen molar-refractivity contribution in [3.8, 4) is 0 Å². The number of benzene rings is 1. The Balaban J connectivity index is 1.63. The predicted octanol–water partition coefficient (Wildman–Crippen LogP) is 0.781. The monoisotopic (exact) mass is 371 g/mol. The van der Waals surface area contributed by atoms with E-state index in [1.165, 1.54) is 17.4 Å². The summed E-state index contributed by atoms with van der Waals surface area (Å²) < 4.78 is 4.88. The number of aromatic amines is 1. The van der Waals surface area contributed by atoms with E-state index in [9.17, 15) is 9.59 Å². The molecule has 1 aromatic carbocycles. The van der Waals surface area contributed by atoms with Gasteiger partial charge in [0.2, 0.25) is 5.95 Å². The van der Waals surface area contributed by atoms with Crippen molar-refractivity contribution < 1.29 is 9.53 Å². The number of carbonyl (C=O) groups excluding carboxylic acids is 1. The van der Waals surface area contributed by atoms with Crippen LogP contribution in [0.15, 0.2) is 35.3 Å². The van der Waals surface area contributed by atoms with Crippen molar-refractivity contribution in [3.63, 3.8) is 0 Å². The first-order valence-electron chi connectivity index (χ1n) is 9.02. The van der Waals surface area contributed by atoms with Crippen LogP contribution in [0.25, 0.3) is 0 Å². The standard InChI is InChI=1S/C19H25N5O3/c1-14-5-3-4-6-16(14)23-8-10-24(11-9-23)19-21-13-15(18(26)22-19)17(25)20-7-12-27-2/h3-6,13H,7-12H2,1-2H3,(H,20,25)(H,21,22,26). The highest BCUT2D eigenvalue weighted by Crippen LogP contribution is 2.21. The Kier molecular flexibility index (Phi) is 6.08. The minimum Gasteiger partial charge on any atom is -0.383 e. The van der Waals surface area contributed by atoms with E-state index < -0.39 is 11.5 Å². The Bertz CT molecular complexity index is 843. The topological polar surface area (TPSA) is 90.6 Å². The maximum absolute atomic E-state index is 12.3. The molecule has 1 saturated heterocycles. The van der Waals surface area contributed by atoms with Gasteiger partial charge in [-0.15, -0.1) is 0 Å². The van der Waals surface area contributed by atoms with Gasteiger partial charge < -0.3 is 19.9 Å². The van der Waals surface area contributed by atoms with E-state index >= 15 is 0 Å². The third-order valence-corrected chi connectivity index (χ3v) is 4.66. The number of para-hydroxylation sites is 1. The molecule has 0 spiro atoms. The van der Waals surface area contributed by atoms with E-state index in [1.807, 2.05) is 17.0 Å². The maximum Gasteiger partial charge on any atom is 0.265 e. The highest BCUT2D eigenvalue weighted by atomic mass is 16.5. The highest BCUT2D eigenvalue weighted by Gasteiger charge is 2.21. The molecule has 2 N–H and O–H groups in total. The molecular weight excluding hydrogens is 346 g/mol. The molecule has 0 aliphatic carbocycles. The molecule has 8 nitrogen and oxygen atoms in total. The number of piperazine rings is 1. The molecule has 1 aliphatic heterocycles. The van der Waals surface area contributed by atoms with Crippen LogP contribution >= 0.6 is 0 Å². The molecule has 27 heavy (non-hydrogen) atoms. The first kappa shape index (κ1) is 18.9. The number of carbonyl (C=O) groups is 1. The van der Waals surface area contributed by atoms with Crippen molar-refractivity contribution in [3.05, 3.63) is 51.9 Å². The van der Waals surface area contributed by atoms with E-state index in [0.29, 0.717) is 19.1 Å². The normalized spacial score (nSPS) is 14.3. The fourth-order valence-electron chi connectivity index (χ4n) is 3.15. The molecule has 0 unspecified atom stereocenters. The number of hydrogen-bond acceptors (Lipinski definition) is 6. The van der Waals surface area contributed by atoms with Gasteiger partial charge in [-0.25, -0.2) is 4.98 Å². The van der Waals surface area contributed by atoms with Crippen molar-refractivity contribution >= 4 is 17.5 Å². The minimum atomic E-state index is -0.447. The first-order valence-corrected chi connectivity index (χ1v) is 9.02. The van der Waals surface area contributed by atoms with Crippen LogP contribution in [0.2, 0.25) is 0 Å². The molecule has 144 valence electrons. The van der Waals surface area contributed by atoms with Crippen molar-refractivity contribution in [2.75, 3.05) is 56.2 Å². The largest absolute Gasteiger partial charge is 0.383 e. The lowest BCUT2D eigenvalue weighted by Gasteiger charge is -2.37. The van der Waals surface area contributed by atoms with Gasteiger partial charge in [-0.2, -0.15) is 0 Å². The lowest BCUT2D eigenvalue weighted by Crippen LogP contribution is -2.47. The number of methoxy groups -OCH3 is 1. The average Bonchev–Trinajstić information content (AvgIpc) is 2.68. The van der Waals surface area contributed by atoms with E-state index in [4.69, 9.17) is 4.74 Å². The zero-order valence-electron chi connectivity index (χ0n) is 15.7. The fourth-order valence-corrected chi connectivity index (χ4v) is 3.15. The quantitative estimate of drug-likeness (QED) is 0.730. The number of aryl methyl sites for hydroxylation is 1. The molecule has 0 bridgehead atoms. The van der Waals surface area contributed by atoms with Crippen LogP contribution in [0.1, 0.15) is 15.9 Å². The number of amides is 1. The van der Waals surface area contributed by atoms with Gasteiger partial charge in [0.15, 0.2) is 0 Å². The molecule has 1 aliphatic rings. The number of anilines is 2. The molecule has 1 aromatic heterocycles. The van der Waals surface area contributed by atoms with Gasteiger partial charge in [0.05, 0.1) is 6.61 Å². The number of aromatic nitrogens is 2. The summed E-state index contributed by atoms with van der Waals surface area (Å²) in [4.78, 5) is 35.7. The Labute approximate surface area is 158 Å². The summed E-state index contributed by atoms with van der Waals surface area (Å²) in [6.45, 7) is 6.02. The van der Waals surface area contributed by atoms with Crippen LogP contribution < -0.4 is 20.7 Å². The summed E-state index contributed by atoms with van der Waals surface area (Å²) in [6, 6.07) is 8.32. The second kappa shape index (κ2) is 8.68. The molecule has 1 fully saturated rings. The van der Waals surface area contributed by atoms with Gasteiger partial charge in [0.1, 0.15) is 5.56 Å². The number of nitrogens with zero attached hydrogens (tertiary/aromatic N) is 3. The summed E-state index contributed by atoms with van der Waals surface area (Å²) >= 11 is 0. The molecule has 0 atom stereocenters. The predicted molar refractivity (Wildman–Crippen MR) is 105 cm³/mol. The third kappa shape index (κ3) is 4.46. The number of hydrogen-bond donors (Lipinski definition) is 2. The van der Waals surface area contributed by atoms with Crippen molar-refractivity contribution in [1.82, 2.24) is 15.3 Å². The second-order valence-corrected chi connectivity index (χ2v) is 6.46. The van der Waals surface area contributed by atoms with Crippen LogP contribution in [-0.2, 0) is 4.74 Å². The third-order valence-electron chi connectivity index (χ3n) is 4.66. The SMILES string of the molecule is COCCNC(=O)c1cnc(N2CCN(c3ccccc3C)CC2)[nH]c1=O. The summed E-state index contributed by atoms with van der Waals surface area (Å²) in [7, 11) is 1.55. The first-order chi connectivity index (χ1) is 13.1. The van der Waals surface area contributed by atoms with Crippen molar-refractivity contribution in [2.45, 2.75) is 6.92 Å². The number of ether oxygens (including phenoxy) is 1. The van der Waals surface area contributed by atoms with E-state index in [2.05, 4.69) is 39.2 Å². The van der Waals surface area contributed by atoms with Crippen LogP contribution in [0.5, 0.6) is 0 Å². The van der Waals surface area contributed by atoms with Crippen LogP contribution in [0.4, 0.5) is 11.6 Å². The zero-order valence-corrected chi connectivity index (χ0v) is 15.7. The number of rotatable bonds is 6. The average molecular weight is 371 g/mol. The molecule has 2 aromatic rings. The van der Waals surface area contributed by atoms with Crippen molar-refractivity contribution in [1.29, 1.82) is 0 Å². The Morgan fingerprint density at radius 1 is 1.22 bits per heavy atom. The molecule has 3 rings (SSSR count). The Hall–Kier alpha value is -2.87. The van der Waals surface area contributed by atoms with E-state index in [1.54, 1.807) is 7.11 Å². The molecular formula is C19H25N5O3. The number of nitrogens with one attached hydrogen (secondary N) is 2. The van der Waals surface area contributed by atoms with Crippen LogP contribution in [-0.4, -0.2) is 62.3 Å². The van der Waals surface area contributed by atoms with Crippen LogP contribution in [0, 0.1) is 6.92 Å². The lowest BCUT2D eigenvalue weighted by atomic mass is 10.1. The van der Waals surface area contributed by atoms with E-state index in [-0.39, 0.29) is 5.56 Å². The van der Waals surface area contributed by atoms with Gasteiger partial charge in [-0.3, -0.25) is 14.6 Å². The summed E-state index contributed by atoms with van der Waals surface area (Å²) in [5.74, 6) is 0.0506. The zero-order chi connectivity index (χ0) is 19.2. The maximum atomic E-state index is 12.3. The molecule has 2 heterocycles. The lowest BCUT2D eigenvalue weighted by molar-refractivity contribution is 0.0935. The number of H-pyrrole nitrogens is 1. The summed E-state index contributed by atoms with van der Waals surface area (Å²) in [6.07, 6.45) is 1.34. The Morgan fingerprint density at radius 3 is 2.59 bits per heavy atom. The highest BCUT2D eigenvalue weighted by molar-refractivity contribution is 5.93. The Morgan fingerprint density at radius 2 is 1.93 bits per heavy atom. The summed E-state index contributed by atoms with van der Waals surface area (Å²) in [5.41, 5.74) is 2.06. The van der Waals surface area contributed by atoms with Gasteiger partial charge in [0, 0.05) is 51.7 Å². The van der Waals surface area contributed by atoms with Crippen molar-refractivity contribution in [2.24, 2.45) is 0 Å². The smallest absolute Gasteiger partial charge is 0.265 e. The molecule has 0 saturated carbocycles. The fraction of sp³-hybridized carbons (Fsp3) is 0.421. The van der Waals surface area contributed by atoms with E-state index in [0.717, 1.165) is 26.2 Å². The minimum absolute atomic E-state index is 0.00778. The van der Waals surface area contributed by atoms with Crippen LogP contribution in [0.3, 0.4) is 0 Å². The van der Waals surface area contributed by atoms with Gasteiger partial charge in [-0.1, -0.05) is 18.2 Å². The molecule has 8 heteroatoms. The second-order valence-electron chi connectivity index (χ2n) is 6.46. The summed E-state index contributed by atoms with van der Waals surface area (Å²) in [5, 5.41) is 2.62. The van der Waals surface area contributed by atoms with Gasteiger partial charge in [0.25, 0.3) is 11.5 Å². The molecule has 0 radical (unpaired) electrons. The van der Waals surface area contributed by atoms with Gasteiger partial charge in [-0.05, 0) is 18.6 Å².